The van der Waals surface area contributed by atoms with Gasteiger partial charge >= 0.3 is 0 Å². The van der Waals surface area contributed by atoms with E-state index in [1.165, 1.54) is 0 Å². The maximum absolute atomic E-state index is 8.99. The Hall–Kier alpha value is -1.40. The molecule has 1 aliphatic rings. The van der Waals surface area contributed by atoms with E-state index < -0.39 is 0 Å². The number of aromatic nitrogens is 2. The molecule has 6 nitrogen and oxygen atoms in total. The molecule has 1 aromatic rings. The molecule has 2 heterocycles. The van der Waals surface area contributed by atoms with Crippen molar-refractivity contribution in [3.8, 4) is 0 Å². The average Bonchev–Trinajstić information content (AvgIpc) is 2.29. The molecular weight excluding hydrogens is 196 g/mol. The molecule has 6 heteroatoms. The lowest BCUT2D eigenvalue weighted by molar-refractivity contribution is 0.00314. The number of hydrogen-bond acceptors (Lipinski definition) is 6. The molecule has 1 saturated heterocycles. The third kappa shape index (κ3) is 2.34. The smallest absolute Gasteiger partial charge is 0.227 e. The van der Waals surface area contributed by atoms with Crippen LogP contribution in [0.25, 0.3) is 0 Å². The molecule has 1 aliphatic heterocycles. The van der Waals surface area contributed by atoms with E-state index in [2.05, 4.69) is 9.97 Å². The lowest BCUT2D eigenvalue weighted by Crippen LogP contribution is -2.44. The number of nitrogens with zero attached hydrogens (tertiary/aromatic N) is 3. The predicted molar refractivity (Wildman–Crippen MR) is 55.5 cm³/mol. The molecule has 0 radical (unpaired) electrons. The molecule has 0 amide bonds. The minimum absolute atomic E-state index is 0.0127. The van der Waals surface area contributed by atoms with Gasteiger partial charge in [0.05, 0.1) is 19.3 Å². The highest BCUT2D eigenvalue weighted by Gasteiger charge is 2.21. The van der Waals surface area contributed by atoms with Crippen LogP contribution in [0.3, 0.4) is 0 Å². The monoisotopic (exact) mass is 210 g/mol. The van der Waals surface area contributed by atoms with Crippen LogP contribution < -0.4 is 10.6 Å². The Bertz CT molecular complexity index is 334. The Morgan fingerprint density at radius 3 is 3.27 bits per heavy atom. The van der Waals surface area contributed by atoms with Crippen LogP contribution in [0.5, 0.6) is 0 Å². The van der Waals surface area contributed by atoms with Gasteiger partial charge in [-0.25, -0.2) is 4.98 Å². The van der Waals surface area contributed by atoms with Crippen LogP contribution in [-0.2, 0) is 4.74 Å². The fraction of sp³-hybridized carbons (Fsp3) is 0.556. The van der Waals surface area contributed by atoms with Gasteiger partial charge in [-0.15, -0.1) is 0 Å². The van der Waals surface area contributed by atoms with Crippen LogP contribution in [0.15, 0.2) is 12.3 Å². The van der Waals surface area contributed by atoms with Gasteiger partial charge in [-0.05, 0) is 6.07 Å². The molecule has 82 valence electrons. The van der Waals surface area contributed by atoms with Crippen molar-refractivity contribution in [1.82, 2.24) is 9.97 Å². The zero-order valence-electron chi connectivity index (χ0n) is 8.33. The zero-order chi connectivity index (χ0) is 10.7. The van der Waals surface area contributed by atoms with Crippen LogP contribution in [0.4, 0.5) is 11.8 Å². The molecule has 0 saturated carbocycles. The standard InChI is InChI=1S/C9H14N4O2/c10-8-1-2-11-9(12-8)13-3-4-15-7(5-13)6-14/h1-2,7,14H,3-6H2,(H2,10,11,12). The summed E-state index contributed by atoms with van der Waals surface area (Å²) in [6, 6.07) is 1.65. The van der Waals surface area contributed by atoms with E-state index in [9.17, 15) is 0 Å². The number of hydrogen-bond donors (Lipinski definition) is 2. The van der Waals surface area contributed by atoms with E-state index in [0.29, 0.717) is 24.9 Å². The van der Waals surface area contributed by atoms with Crippen LogP contribution in [0, 0.1) is 0 Å². The summed E-state index contributed by atoms with van der Waals surface area (Å²) in [4.78, 5) is 10.2. The first-order valence-electron chi connectivity index (χ1n) is 4.85. The normalized spacial score (nSPS) is 21.7. The molecule has 2 rings (SSSR count). The number of aliphatic hydroxyl groups is 1. The van der Waals surface area contributed by atoms with Gasteiger partial charge in [0, 0.05) is 19.3 Å². The van der Waals surface area contributed by atoms with E-state index in [1.807, 2.05) is 4.90 Å². The average molecular weight is 210 g/mol. The van der Waals surface area contributed by atoms with Crippen molar-refractivity contribution in [3.63, 3.8) is 0 Å². The van der Waals surface area contributed by atoms with Gasteiger partial charge in [0.2, 0.25) is 5.95 Å². The molecule has 0 spiro atoms. The maximum Gasteiger partial charge on any atom is 0.227 e. The van der Waals surface area contributed by atoms with Gasteiger partial charge in [-0.3, -0.25) is 0 Å². The molecule has 0 aromatic carbocycles. The fourth-order valence-corrected chi connectivity index (χ4v) is 1.53. The second kappa shape index (κ2) is 4.41. The van der Waals surface area contributed by atoms with Crippen molar-refractivity contribution in [2.75, 3.05) is 36.9 Å². The van der Waals surface area contributed by atoms with E-state index in [0.717, 1.165) is 6.54 Å². The molecule has 15 heavy (non-hydrogen) atoms. The third-order valence-electron chi connectivity index (χ3n) is 2.29. The van der Waals surface area contributed by atoms with Crippen molar-refractivity contribution in [2.24, 2.45) is 0 Å². The lowest BCUT2D eigenvalue weighted by atomic mass is 10.3. The highest BCUT2D eigenvalue weighted by Crippen LogP contribution is 2.13. The summed E-state index contributed by atoms with van der Waals surface area (Å²) in [5.41, 5.74) is 5.57. The largest absolute Gasteiger partial charge is 0.394 e. The van der Waals surface area contributed by atoms with Gasteiger partial charge in [-0.2, -0.15) is 4.98 Å². The molecule has 3 N–H and O–H groups in total. The molecule has 1 aromatic heterocycles. The van der Waals surface area contributed by atoms with Crippen molar-refractivity contribution in [3.05, 3.63) is 12.3 Å². The first-order chi connectivity index (χ1) is 7.29. The summed E-state index contributed by atoms with van der Waals surface area (Å²) in [5, 5.41) is 8.99. The number of morpholine rings is 1. The Balaban J connectivity index is 2.09. The highest BCUT2D eigenvalue weighted by atomic mass is 16.5. The summed E-state index contributed by atoms with van der Waals surface area (Å²) in [7, 11) is 0. The molecule has 0 bridgehead atoms. The number of aliphatic hydroxyl groups excluding tert-OH is 1. The molecule has 0 aliphatic carbocycles. The Morgan fingerprint density at radius 1 is 1.67 bits per heavy atom. The molecule has 1 unspecified atom stereocenters. The molecule has 1 fully saturated rings. The second-order valence-electron chi connectivity index (χ2n) is 3.40. The molecular formula is C9H14N4O2. The summed E-state index contributed by atoms with van der Waals surface area (Å²) in [5.74, 6) is 1.05. The first kappa shape index (κ1) is 10.1. The Kier molecular flexibility index (Phi) is 2.98. The Labute approximate surface area is 87.7 Å². The summed E-state index contributed by atoms with van der Waals surface area (Å²) < 4.78 is 5.33. The van der Waals surface area contributed by atoms with Gasteiger partial charge < -0.3 is 20.5 Å². The van der Waals surface area contributed by atoms with E-state index >= 15 is 0 Å². The number of ether oxygens (including phenoxy) is 1. The quantitative estimate of drug-likeness (QED) is 0.668. The topological polar surface area (TPSA) is 84.5 Å². The lowest BCUT2D eigenvalue weighted by Gasteiger charge is -2.31. The first-order valence-corrected chi connectivity index (χ1v) is 4.85. The molecule has 1 atom stereocenters. The highest BCUT2D eigenvalue weighted by molar-refractivity contribution is 5.38. The van der Waals surface area contributed by atoms with Crippen LogP contribution in [-0.4, -0.2) is 47.5 Å². The van der Waals surface area contributed by atoms with Gasteiger partial charge in [-0.1, -0.05) is 0 Å². The maximum atomic E-state index is 8.99. The fourth-order valence-electron chi connectivity index (χ4n) is 1.53. The van der Waals surface area contributed by atoms with Gasteiger partial charge in [0.1, 0.15) is 5.82 Å². The summed E-state index contributed by atoms with van der Waals surface area (Å²) >= 11 is 0. The van der Waals surface area contributed by atoms with Gasteiger partial charge in [0.25, 0.3) is 0 Å². The third-order valence-corrected chi connectivity index (χ3v) is 2.29. The van der Waals surface area contributed by atoms with E-state index in [1.54, 1.807) is 12.3 Å². The summed E-state index contributed by atoms with van der Waals surface area (Å²) in [6.07, 6.45) is 1.46. The number of anilines is 2. The van der Waals surface area contributed by atoms with Crippen molar-refractivity contribution >= 4 is 11.8 Å². The minimum atomic E-state index is -0.163. The van der Waals surface area contributed by atoms with Crippen LogP contribution in [0.1, 0.15) is 0 Å². The number of rotatable bonds is 2. The van der Waals surface area contributed by atoms with Crippen molar-refractivity contribution in [1.29, 1.82) is 0 Å². The van der Waals surface area contributed by atoms with Crippen molar-refractivity contribution in [2.45, 2.75) is 6.10 Å². The van der Waals surface area contributed by atoms with Gasteiger partial charge in [0.15, 0.2) is 0 Å². The Morgan fingerprint density at radius 2 is 2.53 bits per heavy atom. The van der Waals surface area contributed by atoms with Crippen molar-refractivity contribution < 1.29 is 9.84 Å². The van der Waals surface area contributed by atoms with E-state index in [4.69, 9.17) is 15.6 Å². The van der Waals surface area contributed by atoms with Crippen LogP contribution in [0.2, 0.25) is 0 Å². The second-order valence-corrected chi connectivity index (χ2v) is 3.40. The predicted octanol–water partition coefficient (Wildman–Crippen LogP) is -0.744. The summed E-state index contributed by atoms with van der Waals surface area (Å²) in [6.45, 7) is 1.90. The van der Waals surface area contributed by atoms with E-state index in [-0.39, 0.29) is 12.7 Å². The zero-order valence-corrected chi connectivity index (χ0v) is 8.33. The number of nitrogens with two attached hydrogens (primary N) is 1. The number of nitrogen functional groups attached to an aromatic ring is 1. The van der Waals surface area contributed by atoms with Crippen LogP contribution >= 0.6 is 0 Å². The SMILES string of the molecule is Nc1ccnc(N2CCOC(CO)C2)n1. The minimum Gasteiger partial charge on any atom is -0.394 e.